The fourth-order valence-electron chi connectivity index (χ4n) is 2.62. The summed E-state index contributed by atoms with van der Waals surface area (Å²) in [6, 6.07) is 13.6. The van der Waals surface area contributed by atoms with Gasteiger partial charge in [-0.15, -0.1) is 0 Å². The fourth-order valence-corrected chi connectivity index (χ4v) is 3.14. The Morgan fingerprint density at radius 2 is 1.70 bits per heavy atom. The number of nitrogens with two attached hydrogens (primary N) is 1. The minimum absolute atomic E-state index is 0.0469. The number of benzene rings is 2. The maximum absolute atomic E-state index is 12.2. The monoisotopic (exact) mass is 389 g/mol. The van der Waals surface area contributed by atoms with E-state index in [0.717, 1.165) is 11.1 Å². The quantitative estimate of drug-likeness (QED) is 0.745. The molecule has 0 bridgehead atoms. The Labute approximate surface area is 159 Å². The summed E-state index contributed by atoms with van der Waals surface area (Å²) in [6.45, 7) is 3.61. The molecule has 0 saturated carbocycles. The molecule has 3 N–H and O–H groups in total. The van der Waals surface area contributed by atoms with Gasteiger partial charge >= 0.3 is 0 Å². The second-order valence-electron chi connectivity index (χ2n) is 6.18. The van der Waals surface area contributed by atoms with Gasteiger partial charge in [0.05, 0.1) is 4.90 Å². The van der Waals surface area contributed by atoms with Gasteiger partial charge in [0.1, 0.15) is 6.54 Å². The van der Waals surface area contributed by atoms with Crippen LogP contribution in [-0.2, 0) is 26.0 Å². The number of carbonyl (C=O) groups is 2. The predicted molar refractivity (Wildman–Crippen MR) is 104 cm³/mol. The van der Waals surface area contributed by atoms with Crippen molar-refractivity contribution >= 4 is 27.5 Å². The number of carbonyl (C=O) groups excluding carboxylic acids is 2. The lowest BCUT2D eigenvalue weighted by molar-refractivity contribution is -0.123. The van der Waals surface area contributed by atoms with Gasteiger partial charge in [0, 0.05) is 19.2 Å². The second kappa shape index (κ2) is 8.79. The van der Waals surface area contributed by atoms with E-state index < -0.39 is 10.0 Å². The molecule has 0 aliphatic rings. The molecule has 0 unspecified atom stereocenters. The second-order valence-corrected chi connectivity index (χ2v) is 7.74. The van der Waals surface area contributed by atoms with Crippen molar-refractivity contribution in [2.75, 3.05) is 18.0 Å². The molecule has 7 nitrogen and oxygen atoms in total. The summed E-state index contributed by atoms with van der Waals surface area (Å²) in [4.78, 5) is 25.6. The van der Waals surface area contributed by atoms with Crippen LogP contribution < -0.4 is 15.4 Å². The van der Waals surface area contributed by atoms with Gasteiger partial charge in [-0.25, -0.2) is 13.6 Å². The van der Waals surface area contributed by atoms with Crippen molar-refractivity contribution in [1.29, 1.82) is 0 Å². The number of rotatable bonds is 7. The van der Waals surface area contributed by atoms with E-state index in [0.29, 0.717) is 18.7 Å². The number of anilines is 1. The van der Waals surface area contributed by atoms with Gasteiger partial charge in [-0.1, -0.05) is 30.3 Å². The lowest BCUT2D eigenvalue weighted by Gasteiger charge is -2.22. The number of nitrogens with zero attached hydrogens (tertiary/aromatic N) is 1. The lowest BCUT2D eigenvalue weighted by Crippen LogP contribution is -2.40. The third-order valence-electron chi connectivity index (χ3n) is 4.08. The SMILES string of the molecule is CC(=O)N(CC(=O)NCCc1ccc(S(N)(=O)=O)cc1)c1ccccc1C. The van der Waals surface area contributed by atoms with E-state index in [9.17, 15) is 18.0 Å². The molecule has 0 spiro atoms. The minimum Gasteiger partial charge on any atom is -0.354 e. The van der Waals surface area contributed by atoms with Crippen LogP contribution in [0.15, 0.2) is 53.4 Å². The summed E-state index contributed by atoms with van der Waals surface area (Å²) in [5.74, 6) is -0.479. The Balaban J connectivity index is 1.91. The first-order valence-corrected chi connectivity index (χ1v) is 9.95. The number of hydrogen-bond acceptors (Lipinski definition) is 4. The molecule has 0 aliphatic heterocycles. The summed E-state index contributed by atoms with van der Waals surface area (Å²) >= 11 is 0. The molecule has 0 aliphatic carbocycles. The third-order valence-corrected chi connectivity index (χ3v) is 5.01. The Morgan fingerprint density at radius 1 is 1.07 bits per heavy atom. The number of amides is 2. The number of para-hydroxylation sites is 1. The van der Waals surface area contributed by atoms with Crippen molar-refractivity contribution in [3.63, 3.8) is 0 Å². The zero-order valence-corrected chi connectivity index (χ0v) is 16.1. The number of primary sulfonamides is 1. The fraction of sp³-hybridized carbons (Fsp3) is 0.263. The molecule has 0 fully saturated rings. The van der Waals surface area contributed by atoms with Crippen LogP contribution in [0.4, 0.5) is 5.69 Å². The number of nitrogens with one attached hydrogen (secondary N) is 1. The van der Waals surface area contributed by atoms with Crippen molar-refractivity contribution in [2.24, 2.45) is 5.14 Å². The van der Waals surface area contributed by atoms with E-state index in [1.54, 1.807) is 18.2 Å². The standard InChI is InChI=1S/C19H23N3O4S/c1-14-5-3-4-6-18(14)22(15(2)23)13-19(24)21-12-11-16-7-9-17(10-8-16)27(20,25)26/h3-10H,11-13H2,1-2H3,(H,21,24)(H2,20,25,26). The lowest BCUT2D eigenvalue weighted by atomic mass is 10.1. The van der Waals surface area contributed by atoms with Crippen LogP contribution >= 0.6 is 0 Å². The average molecular weight is 389 g/mol. The van der Waals surface area contributed by atoms with Crippen LogP contribution in [0.2, 0.25) is 0 Å². The highest BCUT2D eigenvalue weighted by atomic mass is 32.2. The van der Waals surface area contributed by atoms with Gasteiger partial charge < -0.3 is 10.2 Å². The zero-order valence-electron chi connectivity index (χ0n) is 15.3. The first-order valence-electron chi connectivity index (χ1n) is 8.40. The highest BCUT2D eigenvalue weighted by Crippen LogP contribution is 2.19. The van der Waals surface area contributed by atoms with Crippen molar-refractivity contribution in [2.45, 2.75) is 25.2 Å². The van der Waals surface area contributed by atoms with Gasteiger partial charge in [-0.2, -0.15) is 0 Å². The molecule has 0 radical (unpaired) electrons. The maximum atomic E-state index is 12.2. The number of sulfonamides is 1. The van der Waals surface area contributed by atoms with E-state index in [-0.39, 0.29) is 23.3 Å². The Hall–Kier alpha value is -2.71. The topological polar surface area (TPSA) is 110 Å². The molecule has 0 aromatic heterocycles. The molecule has 2 rings (SSSR count). The summed E-state index contributed by atoms with van der Waals surface area (Å²) in [5.41, 5.74) is 2.49. The van der Waals surface area contributed by atoms with Crippen LogP contribution in [0, 0.1) is 6.92 Å². The Bertz CT molecular complexity index is 924. The zero-order chi connectivity index (χ0) is 20.0. The summed E-state index contributed by atoms with van der Waals surface area (Å²) in [7, 11) is -3.71. The van der Waals surface area contributed by atoms with Gasteiger partial charge in [-0.3, -0.25) is 9.59 Å². The van der Waals surface area contributed by atoms with Crippen LogP contribution in [-0.4, -0.2) is 33.3 Å². The highest BCUT2D eigenvalue weighted by molar-refractivity contribution is 7.89. The Kier molecular flexibility index (Phi) is 6.70. The first-order chi connectivity index (χ1) is 12.7. The van der Waals surface area contributed by atoms with Gasteiger partial charge in [0.25, 0.3) is 0 Å². The van der Waals surface area contributed by atoms with Gasteiger partial charge in [-0.05, 0) is 42.7 Å². The average Bonchev–Trinajstić information content (AvgIpc) is 2.60. The first kappa shape index (κ1) is 20.6. The molecule has 27 heavy (non-hydrogen) atoms. The molecule has 144 valence electrons. The van der Waals surface area contributed by atoms with Crippen LogP contribution in [0.25, 0.3) is 0 Å². The van der Waals surface area contributed by atoms with Crippen molar-refractivity contribution < 1.29 is 18.0 Å². The van der Waals surface area contributed by atoms with Crippen molar-refractivity contribution in [1.82, 2.24) is 5.32 Å². The highest BCUT2D eigenvalue weighted by Gasteiger charge is 2.17. The maximum Gasteiger partial charge on any atom is 0.240 e. The molecule has 0 heterocycles. The molecule has 2 aromatic carbocycles. The van der Waals surface area contributed by atoms with E-state index in [1.165, 1.54) is 24.0 Å². The van der Waals surface area contributed by atoms with Gasteiger partial charge in [0.2, 0.25) is 21.8 Å². The summed E-state index contributed by atoms with van der Waals surface area (Å²) in [5, 5.41) is 7.83. The number of hydrogen-bond donors (Lipinski definition) is 2. The minimum atomic E-state index is -3.71. The largest absolute Gasteiger partial charge is 0.354 e. The smallest absolute Gasteiger partial charge is 0.240 e. The number of aryl methyl sites for hydroxylation is 1. The van der Waals surface area contributed by atoms with E-state index in [2.05, 4.69) is 5.32 Å². The van der Waals surface area contributed by atoms with Crippen molar-refractivity contribution in [3.05, 3.63) is 59.7 Å². The molecule has 2 amide bonds. The molecule has 2 aromatic rings. The van der Waals surface area contributed by atoms with E-state index in [1.807, 2.05) is 25.1 Å². The molecule has 8 heteroatoms. The summed E-state index contributed by atoms with van der Waals surface area (Å²) in [6.07, 6.45) is 0.529. The predicted octanol–water partition coefficient (Wildman–Crippen LogP) is 1.35. The molecular formula is C19H23N3O4S. The Morgan fingerprint density at radius 3 is 2.26 bits per heavy atom. The molecular weight excluding hydrogens is 366 g/mol. The van der Waals surface area contributed by atoms with Crippen LogP contribution in [0.1, 0.15) is 18.1 Å². The third kappa shape index (κ3) is 5.90. The molecule has 0 atom stereocenters. The van der Waals surface area contributed by atoms with Crippen LogP contribution in [0.3, 0.4) is 0 Å². The van der Waals surface area contributed by atoms with E-state index in [4.69, 9.17) is 5.14 Å². The van der Waals surface area contributed by atoms with Crippen molar-refractivity contribution in [3.8, 4) is 0 Å². The molecule has 0 saturated heterocycles. The summed E-state index contributed by atoms with van der Waals surface area (Å²) < 4.78 is 22.5. The van der Waals surface area contributed by atoms with Crippen LogP contribution in [0.5, 0.6) is 0 Å². The van der Waals surface area contributed by atoms with E-state index >= 15 is 0 Å². The van der Waals surface area contributed by atoms with Gasteiger partial charge in [0.15, 0.2) is 0 Å². The normalized spacial score (nSPS) is 11.1.